The first-order valence-corrected chi connectivity index (χ1v) is 9.10. The van der Waals surface area contributed by atoms with Crippen molar-refractivity contribution in [1.82, 2.24) is 4.98 Å². The van der Waals surface area contributed by atoms with E-state index in [1.165, 1.54) is 5.56 Å². The fourth-order valence-electron chi connectivity index (χ4n) is 2.39. The molecule has 1 aromatic heterocycles. The lowest BCUT2D eigenvalue weighted by atomic mass is 10.1. The molecule has 0 aliphatic heterocycles. The lowest BCUT2D eigenvalue weighted by Crippen LogP contribution is -2.03. The number of aryl methyl sites for hydroxylation is 1. The van der Waals surface area contributed by atoms with Gasteiger partial charge in [0, 0.05) is 29.2 Å². The summed E-state index contributed by atoms with van der Waals surface area (Å²) >= 11 is 7.97. The predicted octanol–water partition coefficient (Wildman–Crippen LogP) is 5.30. The van der Waals surface area contributed by atoms with Crippen molar-refractivity contribution in [3.8, 4) is 11.5 Å². The van der Waals surface area contributed by atoms with Crippen LogP contribution in [0.1, 0.15) is 16.7 Å². The Hall–Kier alpha value is -2.24. The van der Waals surface area contributed by atoms with Gasteiger partial charge in [0.1, 0.15) is 6.61 Å². The van der Waals surface area contributed by atoms with E-state index in [0.717, 1.165) is 16.3 Å². The van der Waals surface area contributed by atoms with Crippen LogP contribution in [-0.4, -0.2) is 12.1 Å². The maximum Gasteiger partial charge on any atom is 0.182 e. The maximum absolute atomic E-state index is 6.42. The van der Waals surface area contributed by atoms with Gasteiger partial charge >= 0.3 is 0 Å². The molecule has 130 valence electrons. The molecule has 1 N–H and O–H groups in total. The van der Waals surface area contributed by atoms with E-state index in [0.29, 0.717) is 29.7 Å². The molecule has 2 aromatic carbocycles. The van der Waals surface area contributed by atoms with Crippen LogP contribution in [0.15, 0.2) is 48.0 Å². The Morgan fingerprint density at radius 2 is 2.00 bits per heavy atom. The average Bonchev–Trinajstić information content (AvgIpc) is 3.13. The highest BCUT2D eigenvalue weighted by Crippen LogP contribution is 2.34. The Bertz CT molecular complexity index is 837. The molecule has 0 amide bonds. The Labute approximate surface area is 156 Å². The number of anilines is 1. The van der Waals surface area contributed by atoms with E-state index in [2.05, 4.69) is 29.4 Å². The minimum atomic E-state index is 0.468. The van der Waals surface area contributed by atoms with E-state index in [1.807, 2.05) is 23.6 Å². The SMILES string of the molecule is COc1cc(CNc2nccs2)c(Cl)cc1OCc1ccccc1C. The van der Waals surface area contributed by atoms with Gasteiger partial charge < -0.3 is 14.8 Å². The minimum absolute atomic E-state index is 0.468. The second-order valence-corrected chi connectivity index (χ2v) is 6.80. The number of nitrogens with one attached hydrogen (secondary N) is 1. The van der Waals surface area contributed by atoms with Gasteiger partial charge in [-0.25, -0.2) is 4.98 Å². The summed E-state index contributed by atoms with van der Waals surface area (Å²) in [6.45, 7) is 3.10. The second-order valence-electron chi connectivity index (χ2n) is 5.50. The summed E-state index contributed by atoms with van der Waals surface area (Å²) in [5.41, 5.74) is 3.25. The molecule has 25 heavy (non-hydrogen) atoms. The van der Waals surface area contributed by atoms with E-state index in [1.54, 1.807) is 30.7 Å². The highest BCUT2D eigenvalue weighted by Gasteiger charge is 2.12. The summed E-state index contributed by atoms with van der Waals surface area (Å²) in [6.07, 6.45) is 1.76. The summed E-state index contributed by atoms with van der Waals surface area (Å²) in [6, 6.07) is 11.8. The lowest BCUT2D eigenvalue weighted by molar-refractivity contribution is 0.284. The van der Waals surface area contributed by atoms with E-state index < -0.39 is 0 Å². The highest BCUT2D eigenvalue weighted by molar-refractivity contribution is 7.13. The number of ether oxygens (including phenoxy) is 2. The molecule has 1 heterocycles. The summed E-state index contributed by atoms with van der Waals surface area (Å²) in [5, 5.41) is 6.65. The van der Waals surface area contributed by atoms with E-state index in [9.17, 15) is 0 Å². The molecule has 0 aliphatic carbocycles. The van der Waals surface area contributed by atoms with Crippen LogP contribution in [0.2, 0.25) is 5.02 Å². The molecule has 0 spiro atoms. The zero-order valence-corrected chi connectivity index (χ0v) is 15.7. The molecule has 3 aromatic rings. The van der Waals surface area contributed by atoms with Crippen LogP contribution in [0.3, 0.4) is 0 Å². The number of thiazole rings is 1. The molecule has 0 aliphatic rings. The van der Waals surface area contributed by atoms with Gasteiger partial charge in [-0.2, -0.15) is 0 Å². The molecule has 0 bridgehead atoms. The minimum Gasteiger partial charge on any atom is -0.493 e. The van der Waals surface area contributed by atoms with Crippen LogP contribution in [0.5, 0.6) is 11.5 Å². The van der Waals surface area contributed by atoms with Crippen LogP contribution >= 0.6 is 22.9 Å². The number of hydrogen-bond donors (Lipinski definition) is 1. The van der Waals surface area contributed by atoms with E-state index >= 15 is 0 Å². The molecule has 0 atom stereocenters. The maximum atomic E-state index is 6.42. The topological polar surface area (TPSA) is 43.4 Å². The number of nitrogens with zero attached hydrogens (tertiary/aromatic N) is 1. The molecule has 3 rings (SSSR count). The summed E-state index contributed by atoms with van der Waals surface area (Å²) in [7, 11) is 1.63. The zero-order chi connectivity index (χ0) is 17.6. The smallest absolute Gasteiger partial charge is 0.182 e. The number of halogens is 1. The normalized spacial score (nSPS) is 10.5. The van der Waals surface area contributed by atoms with Gasteiger partial charge in [0.25, 0.3) is 0 Å². The third kappa shape index (κ3) is 4.44. The van der Waals surface area contributed by atoms with E-state index in [-0.39, 0.29) is 0 Å². The highest BCUT2D eigenvalue weighted by atomic mass is 35.5. The lowest BCUT2D eigenvalue weighted by Gasteiger charge is -2.15. The largest absolute Gasteiger partial charge is 0.493 e. The van der Waals surface area contributed by atoms with Gasteiger partial charge in [0.05, 0.1) is 7.11 Å². The second kappa shape index (κ2) is 8.23. The third-order valence-electron chi connectivity index (χ3n) is 3.84. The van der Waals surface area contributed by atoms with Crippen molar-refractivity contribution >= 4 is 28.1 Å². The first-order chi connectivity index (χ1) is 12.2. The first kappa shape index (κ1) is 17.6. The number of rotatable bonds is 7. The molecule has 4 nitrogen and oxygen atoms in total. The number of methoxy groups -OCH3 is 1. The van der Waals surface area contributed by atoms with Crippen LogP contribution in [-0.2, 0) is 13.2 Å². The molecule has 0 unspecified atom stereocenters. The zero-order valence-electron chi connectivity index (χ0n) is 14.1. The van der Waals surface area contributed by atoms with Gasteiger partial charge in [0.15, 0.2) is 16.6 Å². The Morgan fingerprint density at radius 3 is 2.72 bits per heavy atom. The van der Waals surface area contributed by atoms with Crippen molar-refractivity contribution in [2.75, 3.05) is 12.4 Å². The molecular weight excluding hydrogens is 356 g/mol. The first-order valence-electron chi connectivity index (χ1n) is 7.84. The Morgan fingerprint density at radius 1 is 1.16 bits per heavy atom. The number of aromatic nitrogens is 1. The van der Waals surface area contributed by atoms with Crippen molar-refractivity contribution < 1.29 is 9.47 Å². The van der Waals surface area contributed by atoms with Crippen LogP contribution < -0.4 is 14.8 Å². The molecule has 0 saturated heterocycles. The van der Waals surface area contributed by atoms with Gasteiger partial charge in [-0.3, -0.25) is 0 Å². The van der Waals surface area contributed by atoms with Crippen LogP contribution in [0, 0.1) is 6.92 Å². The van der Waals surface area contributed by atoms with Gasteiger partial charge in [0.2, 0.25) is 0 Å². The van der Waals surface area contributed by atoms with Gasteiger partial charge in [-0.1, -0.05) is 35.9 Å². The number of benzene rings is 2. The van der Waals surface area contributed by atoms with Gasteiger partial charge in [-0.05, 0) is 29.7 Å². The predicted molar refractivity (Wildman–Crippen MR) is 103 cm³/mol. The Balaban J connectivity index is 1.73. The summed E-state index contributed by atoms with van der Waals surface area (Å²) < 4.78 is 11.4. The molecule has 0 saturated carbocycles. The van der Waals surface area contributed by atoms with Crippen molar-refractivity contribution in [1.29, 1.82) is 0 Å². The van der Waals surface area contributed by atoms with Crippen molar-refractivity contribution in [3.05, 3.63) is 69.7 Å². The van der Waals surface area contributed by atoms with Crippen molar-refractivity contribution in [2.45, 2.75) is 20.1 Å². The van der Waals surface area contributed by atoms with Crippen LogP contribution in [0.4, 0.5) is 5.13 Å². The average molecular weight is 375 g/mol. The summed E-state index contributed by atoms with van der Waals surface area (Å²) in [4.78, 5) is 4.20. The summed E-state index contributed by atoms with van der Waals surface area (Å²) in [5.74, 6) is 1.29. The molecule has 0 radical (unpaired) electrons. The standard InChI is InChI=1S/C19H19ClN2O2S/c1-13-5-3-4-6-14(13)12-24-18-10-16(20)15(9-17(18)23-2)11-22-19-21-7-8-25-19/h3-10H,11-12H2,1-2H3,(H,21,22). The molecule has 6 heteroatoms. The molecule has 0 fully saturated rings. The Kier molecular flexibility index (Phi) is 5.79. The third-order valence-corrected chi connectivity index (χ3v) is 4.92. The van der Waals surface area contributed by atoms with Crippen molar-refractivity contribution in [2.24, 2.45) is 0 Å². The van der Waals surface area contributed by atoms with E-state index in [4.69, 9.17) is 21.1 Å². The van der Waals surface area contributed by atoms with Crippen LogP contribution in [0.25, 0.3) is 0 Å². The monoisotopic (exact) mass is 374 g/mol. The fraction of sp³-hybridized carbons (Fsp3) is 0.211. The molecular formula is C19H19ClN2O2S. The van der Waals surface area contributed by atoms with Crippen molar-refractivity contribution in [3.63, 3.8) is 0 Å². The van der Waals surface area contributed by atoms with Gasteiger partial charge in [-0.15, -0.1) is 11.3 Å². The fourth-order valence-corrected chi connectivity index (χ4v) is 3.14. The number of hydrogen-bond acceptors (Lipinski definition) is 5. The quantitative estimate of drug-likeness (QED) is 0.609.